The fraction of sp³-hybridized carbons (Fsp3) is 0.364. The molecule has 1 aromatic rings. The minimum Gasteiger partial charge on any atom is -0.624 e. The molecule has 0 radical (unpaired) electrons. The molecule has 0 heterocycles. The van der Waals surface area contributed by atoms with E-state index in [1.807, 2.05) is 44.2 Å². The highest BCUT2D eigenvalue weighted by Gasteiger charge is 2.00. The number of hydrogen-bond acceptors (Lipinski definition) is 1. The number of nitrogens with zero attached hydrogens (tertiary/aromatic N) is 1. The third-order valence-corrected chi connectivity index (χ3v) is 2.11. The maximum Gasteiger partial charge on any atom is 0.178 e. The van der Waals surface area contributed by atoms with Crippen LogP contribution in [0.2, 0.25) is 0 Å². The van der Waals surface area contributed by atoms with E-state index in [2.05, 4.69) is 0 Å². The van der Waals surface area contributed by atoms with E-state index in [-0.39, 0.29) is 0 Å². The monoisotopic (exact) mass is 177 g/mol. The first-order valence-electron chi connectivity index (χ1n) is 4.55. The molecule has 0 aliphatic rings. The maximum absolute atomic E-state index is 11.4. The lowest BCUT2D eigenvalue weighted by molar-refractivity contribution is -0.476. The Morgan fingerprint density at radius 1 is 1.31 bits per heavy atom. The van der Waals surface area contributed by atoms with Crippen molar-refractivity contribution in [3.05, 3.63) is 41.1 Å². The van der Waals surface area contributed by atoms with Gasteiger partial charge in [-0.2, -0.15) is 0 Å². The molecule has 0 spiro atoms. The fourth-order valence-electron chi connectivity index (χ4n) is 1.06. The summed E-state index contributed by atoms with van der Waals surface area (Å²) in [6.07, 6.45) is 0.816. The highest BCUT2D eigenvalue weighted by Crippen LogP contribution is 2.00. The Morgan fingerprint density at radius 3 is 2.46 bits per heavy atom. The molecule has 0 aliphatic heterocycles. The van der Waals surface area contributed by atoms with E-state index in [1.54, 1.807) is 0 Å². The van der Waals surface area contributed by atoms with Gasteiger partial charge in [-0.05, 0) is 0 Å². The summed E-state index contributed by atoms with van der Waals surface area (Å²) >= 11 is 0. The minimum absolute atomic E-state index is 0.459. The van der Waals surface area contributed by atoms with Crippen LogP contribution >= 0.6 is 0 Å². The summed E-state index contributed by atoms with van der Waals surface area (Å²) in [5.41, 5.74) is 1.94. The van der Waals surface area contributed by atoms with Crippen LogP contribution in [0.3, 0.4) is 0 Å². The summed E-state index contributed by atoms with van der Waals surface area (Å²) in [6, 6.07) is 9.78. The summed E-state index contributed by atoms with van der Waals surface area (Å²) in [6.45, 7) is 4.32. The lowest BCUT2D eigenvalue weighted by Crippen LogP contribution is -2.11. The first-order valence-corrected chi connectivity index (χ1v) is 4.55. The van der Waals surface area contributed by atoms with Gasteiger partial charge in [0.2, 0.25) is 0 Å². The molecule has 1 aromatic carbocycles. The molecule has 0 fully saturated rings. The number of rotatable bonds is 3. The smallest absolute Gasteiger partial charge is 0.178 e. The van der Waals surface area contributed by atoms with Gasteiger partial charge in [-0.15, -0.1) is 0 Å². The van der Waals surface area contributed by atoms with Crippen molar-refractivity contribution < 1.29 is 4.74 Å². The van der Waals surface area contributed by atoms with Crippen LogP contribution < -0.4 is 0 Å². The Labute approximate surface area is 79.1 Å². The first kappa shape index (κ1) is 9.78. The zero-order valence-electron chi connectivity index (χ0n) is 8.16. The van der Waals surface area contributed by atoms with Gasteiger partial charge in [0, 0.05) is 18.9 Å². The molecule has 0 atom stereocenters. The van der Waals surface area contributed by atoms with Crippen molar-refractivity contribution in [1.29, 1.82) is 0 Å². The van der Waals surface area contributed by atoms with Crippen molar-refractivity contribution in [2.24, 2.45) is 0 Å². The SMILES string of the molecule is CC/C(C)=[N+](\[O-])Cc1ccccc1. The third-order valence-electron chi connectivity index (χ3n) is 2.11. The van der Waals surface area contributed by atoms with Gasteiger partial charge in [0.1, 0.15) is 0 Å². The molecule has 0 bridgehead atoms. The predicted octanol–water partition coefficient (Wildman–Crippen LogP) is 2.57. The molecule has 0 aromatic heterocycles. The fourth-order valence-corrected chi connectivity index (χ4v) is 1.06. The van der Waals surface area contributed by atoms with Gasteiger partial charge in [-0.3, -0.25) is 0 Å². The lowest BCUT2D eigenvalue weighted by atomic mass is 10.2. The zero-order chi connectivity index (χ0) is 9.68. The van der Waals surface area contributed by atoms with Crippen LogP contribution in [0.25, 0.3) is 0 Å². The second kappa shape index (κ2) is 4.65. The van der Waals surface area contributed by atoms with E-state index >= 15 is 0 Å². The van der Waals surface area contributed by atoms with E-state index in [1.165, 1.54) is 0 Å². The first-order chi connectivity index (χ1) is 6.24. The predicted molar refractivity (Wildman–Crippen MR) is 54.7 cm³/mol. The molecule has 1 rings (SSSR count). The van der Waals surface area contributed by atoms with Gasteiger partial charge in [0.15, 0.2) is 12.3 Å². The van der Waals surface area contributed by atoms with Crippen LogP contribution in [0, 0.1) is 5.21 Å². The summed E-state index contributed by atoms with van der Waals surface area (Å²) in [7, 11) is 0. The lowest BCUT2D eigenvalue weighted by Gasteiger charge is -2.06. The quantitative estimate of drug-likeness (QED) is 0.301. The molecule has 0 N–H and O–H groups in total. The molecule has 0 amide bonds. The largest absolute Gasteiger partial charge is 0.624 e. The van der Waals surface area contributed by atoms with E-state index < -0.39 is 0 Å². The summed E-state index contributed by atoms with van der Waals surface area (Å²) < 4.78 is 1.05. The average molecular weight is 177 g/mol. The highest BCUT2D eigenvalue weighted by atomic mass is 16.5. The summed E-state index contributed by atoms with van der Waals surface area (Å²) in [4.78, 5) is 0. The minimum atomic E-state index is 0.459. The second-order valence-electron chi connectivity index (χ2n) is 3.11. The van der Waals surface area contributed by atoms with Crippen molar-refractivity contribution in [2.45, 2.75) is 26.8 Å². The topological polar surface area (TPSA) is 26.1 Å². The van der Waals surface area contributed by atoms with Crippen LogP contribution in [0.4, 0.5) is 0 Å². The molecular formula is C11H15NO. The van der Waals surface area contributed by atoms with Crippen LogP contribution in [0.1, 0.15) is 25.8 Å². The van der Waals surface area contributed by atoms with Crippen molar-refractivity contribution in [2.75, 3.05) is 0 Å². The Bertz CT molecular complexity index is 290. The normalized spacial score (nSPS) is 12.5. The van der Waals surface area contributed by atoms with Crippen molar-refractivity contribution in [1.82, 2.24) is 0 Å². The zero-order valence-corrected chi connectivity index (χ0v) is 8.16. The Balaban J connectivity index is 2.70. The molecule has 0 unspecified atom stereocenters. The number of hydroxylamine groups is 1. The average Bonchev–Trinajstić information content (AvgIpc) is 2.18. The van der Waals surface area contributed by atoms with Crippen LogP contribution in [-0.4, -0.2) is 10.5 Å². The van der Waals surface area contributed by atoms with E-state index in [4.69, 9.17) is 0 Å². The third kappa shape index (κ3) is 2.90. The van der Waals surface area contributed by atoms with Crippen molar-refractivity contribution in [3.63, 3.8) is 0 Å². The van der Waals surface area contributed by atoms with Gasteiger partial charge in [-0.1, -0.05) is 37.3 Å². The van der Waals surface area contributed by atoms with Gasteiger partial charge >= 0.3 is 0 Å². The van der Waals surface area contributed by atoms with Gasteiger partial charge < -0.3 is 5.21 Å². The molecular weight excluding hydrogens is 162 g/mol. The number of hydrogen-bond donors (Lipinski definition) is 0. The Kier molecular flexibility index (Phi) is 3.50. The molecule has 0 saturated heterocycles. The Morgan fingerprint density at radius 2 is 1.92 bits per heavy atom. The van der Waals surface area contributed by atoms with Crippen LogP contribution in [-0.2, 0) is 6.54 Å². The van der Waals surface area contributed by atoms with Crippen LogP contribution in [0.5, 0.6) is 0 Å². The number of benzene rings is 1. The van der Waals surface area contributed by atoms with Crippen molar-refractivity contribution in [3.8, 4) is 0 Å². The van der Waals surface area contributed by atoms with Crippen molar-refractivity contribution >= 4 is 5.71 Å². The van der Waals surface area contributed by atoms with Gasteiger partial charge in [-0.25, -0.2) is 4.74 Å². The van der Waals surface area contributed by atoms with E-state index in [0.717, 1.165) is 22.4 Å². The van der Waals surface area contributed by atoms with Gasteiger partial charge in [0.25, 0.3) is 0 Å². The Hall–Kier alpha value is -1.31. The standard InChI is InChI=1S/C11H15NO/c1-3-10(2)12(13)9-11-7-5-4-6-8-11/h4-8H,3,9H2,1-2H3/b12-10-. The second-order valence-corrected chi connectivity index (χ2v) is 3.11. The molecule has 70 valence electrons. The van der Waals surface area contributed by atoms with Gasteiger partial charge in [0.05, 0.1) is 0 Å². The highest BCUT2D eigenvalue weighted by molar-refractivity contribution is 5.76. The van der Waals surface area contributed by atoms with E-state index in [0.29, 0.717) is 6.54 Å². The summed E-state index contributed by atoms with van der Waals surface area (Å²) in [5.74, 6) is 0. The molecule has 2 nitrogen and oxygen atoms in total. The molecule has 0 saturated carbocycles. The van der Waals surface area contributed by atoms with Crippen LogP contribution in [0.15, 0.2) is 30.3 Å². The summed E-state index contributed by atoms with van der Waals surface area (Å²) in [5, 5.41) is 11.4. The van der Waals surface area contributed by atoms with E-state index in [9.17, 15) is 5.21 Å². The molecule has 13 heavy (non-hydrogen) atoms. The molecule has 2 heteroatoms. The maximum atomic E-state index is 11.4. The molecule has 0 aliphatic carbocycles.